The van der Waals surface area contributed by atoms with Crippen LogP contribution in [0.5, 0.6) is 0 Å². The molecule has 0 radical (unpaired) electrons. The molecular weight excluding hydrogens is 236 g/mol. The first kappa shape index (κ1) is 14.5. The first-order valence-electron chi connectivity index (χ1n) is 7.56. The number of rotatable bonds is 7. The van der Waals surface area contributed by atoms with Crippen LogP contribution in [-0.2, 0) is 4.74 Å². The SMILES string of the molecule is CCCNC(CCC1CCCO1)c1cnccc1C. The first-order valence-corrected chi connectivity index (χ1v) is 7.56. The quantitative estimate of drug-likeness (QED) is 0.818. The van der Waals surface area contributed by atoms with Crippen LogP contribution in [-0.4, -0.2) is 24.2 Å². The van der Waals surface area contributed by atoms with Gasteiger partial charge >= 0.3 is 0 Å². The largest absolute Gasteiger partial charge is 0.378 e. The minimum Gasteiger partial charge on any atom is -0.378 e. The van der Waals surface area contributed by atoms with Crippen LogP contribution in [0, 0.1) is 6.92 Å². The van der Waals surface area contributed by atoms with E-state index < -0.39 is 0 Å². The summed E-state index contributed by atoms with van der Waals surface area (Å²) in [5.41, 5.74) is 2.67. The summed E-state index contributed by atoms with van der Waals surface area (Å²) < 4.78 is 5.73. The summed E-state index contributed by atoms with van der Waals surface area (Å²) in [6.07, 6.45) is 10.3. The van der Waals surface area contributed by atoms with Gasteiger partial charge in [-0.25, -0.2) is 0 Å². The Kier molecular flexibility index (Phi) is 5.80. The summed E-state index contributed by atoms with van der Waals surface area (Å²) in [5, 5.41) is 3.65. The standard InChI is InChI=1S/C16H26N2O/c1-3-9-18-16(7-6-14-5-4-11-19-14)15-12-17-10-8-13(15)2/h8,10,12,14,16,18H,3-7,9,11H2,1-2H3. The molecule has 1 aromatic heterocycles. The van der Waals surface area contributed by atoms with E-state index in [0.29, 0.717) is 12.1 Å². The van der Waals surface area contributed by atoms with Crippen LogP contribution in [0.1, 0.15) is 56.2 Å². The van der Waals surface area contributed by atoms with E-state index in [0.717, 1.165) is 32.4 Å². The minimum atomic E-state index is 0.415. The third kappa shape index (κ3) is 4.29. The van der Waals surface area contributed by atoms with Crippen molar-refractivity contribution >= 4 is 0 Å². The van der Waals surface area contributed by atoms with Gasteiger partial charge in [-0.3, -0.25) is 4.98 Å². The molecule has 0 aromatic carbocycles. The first-order chi connectivity index (χ1) is 9.31. The van der Waals surface area contributed by atoms with Crippen LogP contribution < -0.4 is 5.32 Å². The number of hydrogen-bond acceptors (Lipinski definition) is 3. The van der Waals surface area contributed by atoms with Gasteiger partial charge < -0.3 is 10.1 Å². The number of ether oxygens (including phenoxy) is 1. The maximum atomic E-state index is 5.73. The molecule has 2 unspecified atom stereocenters. The van der Waals surface area contributed by atoms with E-state index in [9.17, 15) is 0 Å². The Morgan fingerprint density at radius 1 is 1.53 bits per heavy atom. The predicted octanol–water partition coefficient (Wildman–Crippen LogP) is 3.39. The molecule has 3 nitrogen and oxygen atoms in total. The third-order valence-electron chi connectivity index (χ3n) is 3.90. The maximum Gasteiger partial charge on any atom is 0.0576 e. The van der Waals surface area contributed by atoms with Crippen molar-refractivity contribution in [2.45, 2.75) is 58.1 Å². The highest BCUT2D eigenvalue weighted by molar-refractivity contribution is 5.25. The van der Waals surface area contributed by atoms with Crippen molar-refractivity contribution < 1.29 is 4.74 Å². The maximum absolute atomic E-state index is 5.73. The molecule has 0 bridgehead atoms. The van der Waals surface area contributed by atoms with Crippen LogP contribution >= 0.6 is 0 Å². The van der Waals surface area contributed by atoms with Gasteiger partial charge in [0.15, 0.2) is 0 Å². The topological polar surface area (TPSA) is 34.1 Å². The van der Waals surface area contributed by atoms with Crippen LogP contribution in [0.3, 0.4) is 0 Å². The molecular formula is C16H26N2O. The zero-order chi connectivity index (χ0) is 13.5. The summed E-state index contributed by atoms with van der Waals surface area (Å²) in [4.78, 5) is 4.28. The van der Waals surface area contributed by atoms with E-state index in [1.54, 1.807) is 0 Å². The van der Waals surface area contributed by atoms with Gasteiger partial charge in [-0.15, -0.1) is 0 Å². The molecule has 1 saturated heterocycles. The Labute approximate surface area is 116 Å². The van der Waals surface area contributed by atoms with E-state index >= 15 is 0 Å². The second kappa shape index (κ2) is 7.61. The third-order valence-corrected chi connectivity index (χ3v) is 3.90. The van der Waals surface area contributed by atoms with Crippen LogP contribution in [0.15, 0.2) is 18.5 Å². The molecule has 0 saturated carbocycles. The summed E-state index contributed by atoms with van der Waals surface area (Å²) in [6.45, 7) is 6.39. The summed E-state index contributed by atoms with van der Waals surface area (Å²) in [6, 6.07) is 2.51. The second-order valence-corrected chi connectivity index (χ2v) is 5.45. The van der Waals surface area contributed by atoms with Gasteiger partial charge in [0.1, 0.15) is 0 Å². The van der Waals surface area contributed by atoms with E-state index in [-0.39, 0.29) is 0 Å². The molecule has 1 N–H and O–H groups in total. The smallest absolute Gasteiger partial charge is 0.0576 e. The van der Waals surface area contributed by atoms with Crippen molar-refractivity contribution in [3.05, 3.63) is 29.6 Å². The number of pyridine rings is 1. The molecule has 0 amide bonds. The number of aryl methyl sites for hydroxylation is 1. The van der Waals surface area contributed by atoms with Crippen LogP contribution in [0.4, 0.5) is 0 Å². The van der Waals surface area contributed by atoms with Gasteiger partial charge in [0.2, 0.25) is 0 Å². The lowest BCUT2D eigenvalue weighted by atomic mass is 9.97. The Bertz CT molecular complexity index is 375. The van der Waals surface area contributed by atoms with Crippen LogP contribution in [0.2, 0.25) is 0 Å². The zero-order valence-corrected chi connectivity index (χ0v) is 12.2. The molecule has 2 heterocycles. The molecule has 19 heavy (non-hydrogen) atoms. The number of nitrogens with one attached hydrogen (secondary N) is 1. The van der Waals surface area contributed by atoms with Gasteiger partial charge in [0, 0.05) is 25.0 Å². The fourth-order valence-electron chi connectivity index (χ4n) is 2.75. The minimum absolute atomic E-state index is 0.415. The normalized spacial score (nSPS) is 20.6. The second-order valence-electron chi connectivity index (χ2n) is 5.45. The monoisotopic (exact) mass is 262 g/mol. The lowest BCUT2D eigenvalue weighted by molar-refractivity contribution is 0.0995. The summed E-state index contributed by atoms with van der Waals surface area (Å²) >= 11 is 0. The molecule has 1 fully saturated rings. The zero-order valence-electron chi connectivity index (χ0n) is 12.2. The lowest BCUT2D eigenvalue weighted by Gasteiger charge is -2.22. The highest BCUT2D eigenvalue weighted by atomic mass is 16.5. The highest BCUT2D eigenvalue weighted by Gasteiger charge is 2.19. The van der Waals surface area contributed by atoms with Crippen molar-refractivity contribution in [3.63, 3.8) is 0 Å². The molecule has 2 rings (SSSR count). The number of nitrogens with zero attached hydrogens (tertiary/aromatic N) is 1. The molecule has 0 aliphatic carbocycles. The van der Waals surface area contributed by atoms with Crippen molar-refractivity contribution in [2.75, 3.05) is 13.2 Å². The Morgan fingerprint density at radius 2 is 2.42 bits per heavy atom. The highest BCUT2D eigenvalue weighted by Crippen LogP contribution is 2.25. The Morgan fingerprint density at radius 3 is 3.11 bits per heavy atom. The van der Waals surface area contributed by atoms with Gasteiger partial charge in [0.25, 0.3) is 0 Å². The van der Waals surface area contributed by atoms with E-state index in [1.807, 2.05) is 12.4 Å². The van der Waals surface area contributed by atoms with Crippen molar-refractivity contribution in [2.24, 2.45) is 0 Å². The van der Waals surface area contributed by atoms with E-state index in [1.165, 1.54) is 24.0 Å². The molecule has 3 heteroatoms. The molecule has 0 spiro atoms. The van der Waals surface area contributed by atoms with Crippen LogP contribution in [0.25, 0.3) is 0 Å². The Hall–Kier alpha value is -0.930. The molecule has 106 valence electrons. The molecule has 2 atom stereocenters. The molecule has 1 aliphatic heterocycles. The van der Waals surface area contributed by atoms with Crippen molar-refractivity contribution in [3.8, 4) is 0 Å². The molecule has 1 aromatic rings. The summed E-state index contributed by atoms with van der Waals surface area (Å²) in [5.74, 6) is 0. The van der Waals surface area contributed by atoms with Gasteiger partial charge in [0.05, 0.1) is 6.10 Å². The fourth-order valence-corrected chi connectivity index (χ4v) is 2.75. The average molecular weight is 262 g/mol. The van der Waals surface area contributed by atoms with E-state index in [2.05, 4.69) is 30.2 Å². The average Bonchev–Trinajstić information content (AvgIpc) is 2.93. The number of aromatic nitrogens is 1. The van der Waals surface area contributed by atoms with Gasteiger partial charge in [-0.2, -0.15) is 0 Å². The van der Waals surface area contributed by atoms with Crippen molar-refractivity contribution in [1.29, 1.82) is 0 Å². The Balaban J connectivity index is 1.96. The molecule has 1 aliphatic rings. The van der Waals surface area contributed by atoms with E-state index in [4.69, 9.17) is 4.74 Å². The predicted molar refractivity (Wildman–Crippen MR) is 78.2 cm³/mol. The lowest BCUT2D eigenvalue weighted by Crippen LogP contribution is -2.24. The fraction of sp³-hybridized carbons (Fsp3) is 0.688. The number of hydrogen-bond donors (Lipinski definition) is 1. The summed E-state index contributed by atoms with van der Waals surface area (Å²) in [7, 11) is 0. The van der Waals surface area contributed by atoms with Gasteiger partial charge in [-0.1, -0.05) is 6.92 Å². The van der Waals surface area contributed by atoms with Crippen molar-refractivity contribution in [1.82, 2.24) is 10.3 Å². The van der Waals surface area contributed by atoms with Gasteiger partial charge in [-0.05, 0) is 62.8 Å².